The van der Waals surface area contributed by atoms with E-state index in [9.17, 15) is 4.79 Å². The van der Waals surface area contributed by atoms with E-state index in [0.29, 0.717) is 31.3 Å². The molecule has 0 aliphatic rings. The van der Waals surface area contributed by atoms with E-state index in [-0.39, 0.29) is 5.91 Å². The molecule has 17 heavy (non-hydrogen) atoms. The first-order valence-corrected chi connectivity index (χ1v) is 6.65. The first kappa shape index (κ1) is 16.2. The number of carbonyl (C=O) groups excluding carboxylic acids is 1. The van der Waals surface area contributed by atoms with Crippen LogP contribution in [-0.2, 0) is 4.79 Å². The number of nitrogens with zero attached hydrogens (tertiary/aromatic N) is 1. The third-order valence-electron chi connectivity index (χ3n) is 3.29. The Hall–Kier alpha value is -0.830. The molecule has 0 aliphatic heterocycles. The van der Waals surface area contributed by atoms with Crippen molar-refractivity contribution in [3.05, 3.63) is 12.7 Å². The summed E-state index contributed by atoms with van der Waals surface area (Å²) in [6.45, 7) is 12.2. The smallest absolute Gasteiger partial charge is 0.222 e. The highest BCUT2D eigenvalue weighted by Crippen LogP contribution is 2.20. The van der Waals surface area contributed by atoms with Crippen molar-refractivity contribution in [2.75, 3.05) is 19.6 Å². The predicted molar refractivity (Wildman–Crippen MR) is 73.7 cm³/mol. The van der Waals surface area contributed by atoms with E-state index >= 15 is 0 Å². The van der Waals surface area contributed by atoms with Gasteiger partial charge < -0.3 is 10.6 Å². The molecule has 0 aromatic heterocycles. The van der Waals surface area contributed by atoms with Gasteiger partial charge in [0.2, 0.25) is 5.91 Å². The third-order valence-corrected chi connectivity index (χ3v) is 3.29. The van der Waals surface area contributed by atoms with Crippen molar-refractivity contribution < 1.29 is 4.79 Å². The fourth-order valence-corrected chi connectivity index (χ4v) is 2.06. The first-order chi connectivity index (χ1) is 8.06. The number of carbonyl (C=O) groups is 1. The van der Waals surface area contributed by atoms with Crippen molar-refractivity contribution in [3.63, 3.8) is 0 Å². The van der Waals surface area contributed by atoms with Crippen LogP contribution in [0.4, 0.5) is 0 Å². The van der Waals surface area contributed by atoms with Crippen LogP contribution >= 0.6 is 0 Å². The minimum atomic E-state index is 0.232. The van der Waals surface area contributed by atoms with Gasteiger partial charge in [0.15, 0.2) is 0 Å². The number of rotatable bonds is 9. The van der Waals surface area contributed by atoms with E-state index < -0.39 is 0 Å². The second-order valence-corrected chi connectivity index (χ2v) is 4.84. The Morgan fingerprint density at radius 3 is 2.47 bits per heavy atom. The predicted octanol–water partition coefficient (Wildman–Crippen LogP) is 2.42. The molecule has 3 nitrogen and oxygen atoms in total. The molecule has 0 aliphatic carbocycles. The van der Waals surface area contributed by atoms with Crippen LogP contribution in [0.25, 0.3) is 0 Å². The summed E-state index contributed by atoms with van der Waals surface area (Å²) in [5, 5.41) is 0. The molecule has 0 saturated heterocycles. The zero-order valence-corrected chi connectivity index (χ0v) is 11.6. The number of likely N-dealkylation sites (N-methyl/N-ethyl adjacent to an activating group) is 1. The van der Waals surface area contributed by atoms with E-state index in [0.717, 1.165) is 19.4 Å². The lowest BCUT2D eigenvalue weighted by molar-refractivity contribution is -0.130. The normalized spacial score (nSPS) is 12.5. The highest BCUT2D eigenvalue weighted by Gasteiger charge is 2.16. The second-order valence-electron chi connectivity index (χ2n) is 4.84. The van der Waals surface area contributed by atoms with Gasteiger partial charge in [-0.3, -0.25) is 4.79 Å². The molecular weight excluding hydrogens is 212 g/mol. The molecule has 0 bridgehead atoms. The zero-order valence-electron chi connectivity index (χ0n) is 11.6. The van der Waals surface area contributed by atoms with Crippen LogP contribution < -0.4 is 5.73 Å². The minimum Gasteiger partial charge on any atom is -0.339 e. The molecule has 0 radical (unpaired) electrons. The Bertz CT molecular complexity index is 226. The van der Waals surface area contributed by atoms with Gasteiger partial charge in [-0.05, 0) is 38.1 Å². The van der Waals surface area contributed by atoms with Crippen molar-refractivity contribution >= 4 is 5.91 Å². The van der Waals surface area contributed by atoms with Gasteiger partial charge in [-0.1, -0.05) is 19.9 Å². The van der Waals surface area contributed by atoms with Gasteiger partial charge >= 0.3 is 0 Å². The van der Waals surface area contributed by atoms with Gasteiger partial charge in [0.1, 0.15) is 0 Å². The molecule has 0 saturated carbocycles. The van der Waals surface area contributed by atoms with E-state index in [1.54, 1.807) is 6.08 Å². The van der Waals surface area contributed by atoms with Crippen molar-refractivity contribution in [2.24, 2.45) is 17.6 Å². The van der Waals surface area contributed by atoms with Crippen LogP contribution in [0.3, 0.4) is 0 Å². The highest BCUT2D eigenvalue weighted by molar-refractivity contribution is 5.76. The molecule has 0 aromatic carbocycles. The third kappa shape index (κ3) is 6.47. The first-order valence-electron chi connectivity index (χ1n) is 6.65. The monoisotopic (exact) mass is 240 g/mol. The summed E-state index contributed by atoms with van der Waals surface area (Å²) >= 11 is 0. The summed E-state index contributed by atoms with van der Waals surface area (Å²) in [4.78, 5) is 13.8. The van der Waals surface area contributed by atoms with Crippen LogP contribution in [0.2, 0.25) is 0 Å². The summed E-state index contributed by atoms with van der Waals surface area (Å²) in [7, 11) is 0. The van der Waals surface area contributed by atoms with E-state index in [1.165, 1.54) is 0 Å². The summed E-state index contributed by atoms with van der Waals surface area (Å²) in [6.07, 6.45) is 4.37. The Morgan fingerprint density at radius 1 is 1.41 bits per heavy atom. The minimum absolute atomic E-state index is 0.232. The largest absolute Gasteiger partial charge is 0.339 e. The van der Waals surface area contributed by atoms with Gasteiger partial charge in [-0.25, -0.2) is 0 Å². The van der Waals surface area contributed by atoms with Gasteiger partial charge in [-0.2, -0.15) is 0 Å². The average Bonchev–Trinajstić information content (AvgIpc) is 2.30. The fraction of sp³-hybridized carbons (Fsp3) is 0.786. The Balaban J connectivity index is 4.13. The van der Waals surface area contributed by atoms with E-state index in [4.69, 9.17) is 5.73 Å². The zero-order chi connectivity index (χ0) is 13.3. The van der Waals surface area contributed by atoms with Crippen LogP contribution in [0, 0.1) is 11.8 Å². The summed E-state index contributed by atoms with van der Waals surface area (Å²) in [6, 6.07) is 0. The Labute approximate surface area is 106 Å². The number of amides is 1. The van der Waals surface area contributed by atoms with E-state index in [1.807, 2.05) is 11.8 Å². The molecule has 0 rings (SSSR count). The fourth-order valence-electron chi connectivity index (χ4n) is 2.06. The number of hydrogen-bond donors (Lipinski definition) is 1. The summed E-state index contributed by atoms with van der Waals surface area (Å²) in [5.74, 6) is 1.39. The van der Waals surface area contributed by atoms with Crippen molar-refractivity contribution in [3.8, 4) is 0 Å². The molecule has 0 fully saturated rings. The Kier molecular flexibility index (Phi) is 8.78. The standard InChI is InChI=1S/C14H28N2O/c1-5-11-16(6-2)14(17)8-7-13(9-10-15)12(3)4/h5,12-13H,1,6-11,15H2,2-4H3. The molecule has 3 heteroatoms. The topological polar surface area (TPSA) is 46.3 Å². The summed E-state index contributed by atoms with van der Waals surface area (Å²) in [5.41, 5.74) is 5.60. The van der Waals surface area contributed by atoms with Crippen LogP contribution in [0.1, 0.15) is 40.0 Å². The highest BCUT2D eigenvalue weighted by atomic mass is 16.2. The van der Waals surface area contributed by atoms with Crippen molar-refractivity contribution in [2.45, 2.75) is 40.0 Å². The van der Waals surface area contributed by atoms with Gasteiger partial charge in [0, 0.05) is 19.5 Å². The maximum atomic E-state index is 11.9. The SMILES string of the molecule is C=CCN(CC)C(=O)CCC(CCN)C(C)C. The molecule has 0 aromatic rings. The van der Waals surface area contributed by atoms with Gasteiger partial charge in [-0.15, -0.1) is 6.58 Å². The molecular formula is C14H28N2O. The number of hydrogen-bond acceptors (Lipinski definition) is 2. The lowest BCUT2D eigenvalue weighted by Crippen LogP contribution is -2.31. The quantitative estimate of drug-likeness (QED) is 0.629. The number of nitrogens with two attached hydrogens (primary N) is 1. The van der Waals surface area contributed by atoms with Crippen LogP contribution in [0.15, 0.2) is 12.7 Å². The lowest BCUT2D eigenvalue weighted by Gasteiger charge is -2.23. The van der Waals surface area contributed by atoms with Crippen molar-refractivity contribution in [1.29, 1.82) is 0 Å². The van der Waals surface area contributed by atoms with E-state index in [2.05, 4.69) is 20.4 Å². The maximum Gasteiger partial charge on any atom is 0.222 e. The van der Waals surface area contributed by atoms with Crippen LogP contribution in [-0.4, -0.2) is 30.4 Å². The van der Waals surface area contributed by atoms with Gasteiger partial charge in [0.25, 0.3) is 0 Å². The molecule has 100 valence electrons. The summed E-state index contributed by atoms with van der Waals surface area (Å²) < 4.78 is 0. The van der Waals surface area contributed by atoms with Gasteiger partial charge in [0.05, 0.1) is 0 Å². The second kappa shape index (κ2) is 9.23. The average molecular weight is 240 g/mol. The molecule has 1 amide bonds. The molecule has 1 atom stereocenters. The van der Waals surface area contributed by atoms with Crippen LogP contribution in [0.5, 0.6) is 0 Å². The maximum absolute atomic E-state index is 11.9. The molecule has 2 N–H and O–H groups in total. The molecule has 0 heterocycles. The van der Waals surface area contributed by atoms with Crippen molar-refractivity contribution in [1.82, 2.24) is 4.90 Å². The molecule has 0 spiro atoms. The molecule has 1 unspecified atom stereocenters. The lowest BCUT2D eigenvalue weighted by atomic mass is 9.88. The Morgan fingerprint density at radius 2 is 2.06 bits per heavy atom.